The standard InChI is InChI=1S/C14H15N3O2S/c18-14(13-9-20-10-16-13)17-6-3-11(4-7-17)19-12-2-1-5-15-8-12/h1-2,5,8-11H,3-4,6-7H2. The first-order valence-corrected chi connectivity index (χ1v) is 7.51. The summed E-state index contributed by atoms with van der Waals surface area (Å²) in [4.78, 5) is 22.1. The molecule has 0 N–H and O–H groups in total. The molecule has 2 aromatic heterocycles. The number of hydrogen-bond acceptors (Lipinski definition) is 5. The Morgan fingerprint density at radius 1 is 1.40 bits per heavy atom. The Hall–Kier alpha value is -1.95. The third-order valence-electron chi connectivity index (χ3n) is 3.32. The van der Waals surface area contributed by atoms with Crippen LogP contribution in [0.2, 0.25) is 0 Å². The highest BCUT2D eigenvalue weighted by molar-refractivity contribution is 7.07. The quantitative estimate of drug-likeness (QED) is 0.869. The van der Waals surface area contributed by atoms with Crippen LogP contribution in [-0.2, 0) is 0 Å². The van der Waals surface area contributed by atoms with E-state index in [0.29, 0.717) is 18.8 Å². The maximum absolute atomic E-state index is 12.1. The lowest BCUT2D eigenvalue weighted by Gasteiger charge is -2.31. The fourth-order valence-corrected chi connectivity index (χ4v) is 2.79. The van der Waals surface area contributed by atoms with Crippen LogP contribution in [-0.4, -0.2) is 40.0 Å². The molecule has 5 nitrogen and oxygen atoms in total. The largest absolute Gasteiger partial charge is 0.489 e. The van der Waals surface area contributed by atoms with Gasteiger partial charge in [0.2, 0.25) is 0 Å². The summed E-state index contributed by atoms with van der Waals surface area (Å²) in [7, 11) is 0. The number of carbonyl (C=O) groups excluding carboxylic acids is 1. The number of amides is 1. The molecule has 1 aliphatic heterocycles. The number of carbonyl (C=O) groups is 1. The molecule has 3 heterocycles. The zero-order valence-electron chi connectivity index (χ0n) is 10.9. The summed E-state index contributed by atoms with van der Waals surface area (Å²) in [6.07, 6.45) is 5.27. The Labute approximate surface area is 121 Å². The molecule has 0 radical (unpaired) electrons. The molecule has 0 atom stereocenters. The van der Waals surface area contributed by atoms with Crippen molar-refractivity contribution >= 4 is 17.2 Å². The summed E-state index contributed by atoms with van der Waals surface area (Å²) in [5, 5.41) is 1.79. The smallest absolute Gasteiger partial charge is 0.273 e. The second-order valence-electron chi connectivity index (χ2n) is 4.67. The number of rotatable bonds is 3. The van der Waals surface area contributed by atoms with Gasteiger partial charge in [-0.15, -0.1) is 11.3 Å². The van der Waals surface area contributed by atoms with Gasteiger partial charge in [-0.25, -0.2) is 4.98 Å². The van der Waals surface area contributed by atoms with E-state index in [2.05, 4.69) is 9.97 Å². The molecular formula is C14H15N3O2S. The van der Waals surface area contributed by atoms with E-state index >= 15 is 0 Å². The average molecular weight is 289 g/mol. The van der Waals surface area contributed by atoms with E-state index < -0.39 is 0 Å². The van der Waals surface area contributed by atoms with Gasteiger partial charge in [-0.1, -0.05) is 0 Å². The Balaban J connectivity index is 1.53. The molecule has 0 aromatic carbocycles. The van der Waals surface area contributed by atoms with Gasteiger partial charge in [0.1, 0.15) is 17.5 Å². The highest BCUT2D eigenvalue weighted by atomic mass is 32.1. The van der Waals surface area contributed by atoms with E-state index in [1.807, 2.05) is 17.0 Å². The predicted molar refractivity (Wildman–Crippen MR) is 75.9 cm³/mol. The first kappa shape index (κ1) is 13.1. The van der Waals surface area contributed by atoms with Crippen LogP contribution in [0.25, 0.3) is 0 Å². The van der Waals surface area contributed by atoms with Crippen molar-refractivity contribution in [2.24, 2.45) is 0 Å². The number of hydrogen-bond donors (Lipinski definition) is 0. The number of thiazole rings is 1. The van der Waals surface area contributed by atoms with Crippen molar-refractivity contribution in [1.82, 2.24) is 14.9 Å². The third-order valence-corrected chi connectivity index (χ3v) is 3.90. The Morgan fingerprint density at radius 3 is 2.90 bits per heavy atom. The Bertz CT molecular complexity index is 551. The van der Waals surface area contributed by atoms with Crippen molar-refractivity contribution in [1.29, 1.82) is 0 Å². The minimum Gasteiger partial charge on any atom is -0.489 e. The lowest BCUT2D eigenvalue weighted by molar-refractivity contribution is 0.0590. The minimum atomic E-state index is 0.0195. The maximum Gasteiger partial charge on any atom is 0.273 e. The SMILES string of the molecule is O=C(c1cscn1)N1CCC(Oc2cccnc2)CC1. The molecule has 1 saturated heterocycles. The molecule has 0 aliphatic carbocycles. The van der Waals surface area contributed by atoms with E-state index in [4.69, 9.17) is 4.74 Å². The molecular weight excluding hydrogens is 274 g/mol. The normalized spacial score (nSPS) is 16.1. The van der Waals surface area contributed by atoms with Crippen molar-refractivity contribution < 1.29 is 9.53 Å². The van der Waals surface area contributed by atoms with Crippen LogP contribution < -0.4 is 4.74 Å². The number of nitrogens with zero attached hydrogens (tertiary/aromatic N) is 3. The average Bonchev–Trinajstić information content (AvgIpc) is 3.03. The monoisotopic (exact) mass is 289 g/mol. The Kier molecular flexibility index (Phi) is 3.92. The molecule has 1 aliphatic rings. The van der Waals surface area contributed by atoms with Crippen LogP contribution in [0.5, 0.6) is 5.75 Å². The van der Waals surface area contributed by atoms with Crippen molar-refractivity contribution in [3.8, 4) is 5.75 Å². The summed E-state index contributed by atoms with van der Waals surface area (Å²) in [6.45, 7) is 1.42. The summed E-state index contributed by atoms with van der Waals surface area (Å²) in [5.41, 5.74) is 2.23. The van der Waals surface area contributed by atoms with Crippen LogP contribution in [0.3, 0.4) is 0 Å². The predicted octanol–water partition coefficient (Wildman–Crippen LogP) is 2.22. The van der Waals surface area contributed by atoms with Gasteiger partial charge in [-0.2, -0.15) is 0 Å². The maximum atomic E-state index is 12.1. The van der Waals surface area contributed by atoms with Gasteiger partial charge in [0.15, 0.2) is 0 Å². The number of pyridine rings is 1. The molecule has 6 heteroatoms. The molecule has 20 heavy (non-hydrogen) atoms. The zero-order valence-corrected chi connectivity index (χ0v) is 11.8. The molecule has 3 rings (SSSR count). The lowest BCUT2D eigenvalue weighted by atomic mass is 10.1. The molecule has 2 aromatic rings. The van der Waals surface area contributed by atoms with E-state index in [1.54, 1.807) is 23.3 Å². The third kappa shape index (κ3) is 2.96. The van der Waals surface area contributed by atoms with Crippen LogP contribution in [0, 0.1) is 0 Å². The van der Waals surface area contributed by atoms with Crippen LogP contribution in [0.15, 0.2) is 35.4 Å². The topological polar surface area (TPSA) is 55.3 Å². The first-order valence-electron chi connectivity index (χ1n) is 6.57. The van der Waals surface area contributed by atoms with E-state index in [9.17, 15) is 4.79 Å². The Morgan fingerprint density at radius 2 is 2.25 bits per heavy atom. The fraction of sp³-hybridized carbons (Fsp3) is 0.357. The number of aromatic nitrogens is 2. The zero-order chi connectivity index (χ0) is 13.8. The van der Waals surface area contributed by atoms with Crippen molar-refractivity contribution in [3.05, 3.63) is 41.1 Å². The number of ether oxygens (including phenoxy) is 1. The van der Waals surface area contributed by atoms with Crippen LogP contribution in [0.4, 0.5) is 0 Å². The van der Waals surface area contributed by atoms with Crippen molar-refractivity contribution in [3.63, 3.8) is 0 Å². The summed E-state index contributed by atoms with van der Waals surface area (Å²) in [6, 6.07) is 3.76. The molecule has 1 amide bonds. The van der Waals surface area contributed by atoms with Gasteiger partial charge in [0, 0.05) is 37.5 Å². The van der Waals surface area contributed by atoms with Gasteiger partial charge in [-0.05, 0) is 12.1 Å². The van der Waals surface area contributed by atoms with E-state index in [1.165, 1.54) is 11.3 Å². The molecule has 0 saturated carbocycles. The van der Waals surface area contributed by atoms with Crippen molar-refractivity contribution in [2.45, 2.75) is 18.9 Å². The highest BCUT2D eigenvalue weighted by Crippen LogP contribution is 2.19. The summed E-state index contributed by atoms with van der Waals surface area (Å²) < 4.78 is 5.86. The fourth-order valence-electron chi connectivity index (χ4n) is 2.27. The van der Waals surface area contributed by atoms with E-state index in [0.717, 1.165) is 18.6 Å². The molecule has 0 unspecified atom stereocenters. The molecule has 0 spiro atoms. The van der Waals surface area contributed by atoms with Gasteiger partial charge >= 0.3 is 0 Å². The minimum absolute atomic E-state index is 0.0195. The van der Waals surface area contributed by atoms with Crippen LogP contribution >= 0.6 is 11.3 Å². The molecule has 104 valence electrons. The van der Waals surface area contributed by atoms with Gasteiger partial charge in [0.25, 0.3) is 5.91 Å². The lowest BCUT2D eigenvalue weighted by Crippen LogP contribution is -2.41. The highest BCUT2D eigenvalue weighted by Gasteiger charge is 2.25. The van der Waals surface area contributed by atoms with E-state index in [-0.39, 0.29) is 12.0 Å². The second kappa shape index (κ2) is 6.00. The summed E-state index contributed by atoms with van der Waals surface area (Å²) >= 11 is 1.44. The van der Waals surface area contributed by atoms with Gasteiger partial charge in [0.05, 0.1) is 11.7 Å². The van der Waals surface area contributed by atoms with Crippen LogP contribution in [0.1, 0.15) is 23.3 Å². The summed E-state index contributed by atoms with van der Waals surface area (Å²) in [5.74, 6) is 0.808. The van der Waals surface area contributed by atoms with Gasteiger partial charge < -0.3 is 9.64 Å². The second-order valence-corrected chi connectivity index (χ2v) is 5.39. The molecule has 1 fully saturated rings. The van der Waals surface area contributed by atoms with Crippen molar-refractivity contribution in [2.75, 3.05) is 13.1 Å². The number of likely N-dealkylation sites (tertiary alicyclic amines) is 1. The number of piperidine rings is 1. The first-order chi connectivity index (χ1) is 9.83. The van der Waals surface area contributed by atoms with Gasteiger partial charge in [-0.3, -0.25) is 9.78 Å². The molecule has 0 bridgehead atoms.